The van der Waals surface area contributed by atoms with Crippen molar-refractivity contribution in [2.24, 2.45) is 0 Å². The van der Waals surface area contributed by atoms with E-state index < -0.39 is 0 Å². The highest BCUT2D eigenvalue weighted by molar-refractivity contribution is 7.09. The maximum absolute atomic E-state index is 12.0. The maximum atomic E-state index is 12.0. The maximum Gasteiger partial charge on any atom is 0.270 e. The number of nitrogens with zero attached hydrogens (tertiary/aromatic N) is 1. The van der Waals surface area contributed by atoms with Crippen LogP contribution >= 0.6 is 11.3 Å². The van der Waals surface area contributed by atoms with Gasteiger partial charge in [0.05, 0.1) is 0 Å². The minimum atomic E-state index is -0.122. The molecular weight excluding hydrogens is 296 g/mol. The Balaban J connectivity index is 1.97. The average Bonchev–Trinajstić information content (AvgIpc) is 2.97. The summed E-state index contributed by atoms with van der Waals surface area (Å²) in [4.78, 5) is 16.3. The van der Waals surface area contributed by atoms with E-state index in [0.29, 0.717) is 12.3 Å². The van der Waals surface area contributed by atoms with Crippen molar-refractivity contribution < 1.29 is 9.53 Å². The van der Waals surface area contributed by atoms with Gasteiger partial charge in [0.2, 0.25) is 0 Å². The SMILES string of the molecule is CC[C@@H](C)NC(=O)c1csc(COc2cccc(C)c2C)n1. The molecule has 4 nitrogen and oxygen atoms in total. The van der Waals surface area contributed by atoms with Gasteiger partial charge in [0, 0.05) is 11.4 Å². The van der Waals surface area contributed by atoms with Crippen LogP contribution in [0, 0.1) is 13.8 Å². The molecule has 1 N–H and O–H groups in total. The molecule has 0 unspecified atom stereocenters. The van der Waals surface area contributed by atoms with Gasteiger partial charge in [-0.05, 0) is 44.4 Å². The van der Waals surface area contributed by atoms with Crippen molar-refractivity contribution in [1.29, 1.82) is 0 Å². The number of ether oxygens (including phenoxy) is 1. The van der Waals surface area contributed by atoms with Gasteiger partial charge in [-0.3, -0.25) is 4.79 Å². The summed E-state index contributed by atoms with van der Waals surface area (Å²) in [6.45, 7) is 8.50. The van der Waals surface area contributed by atoms with E-state index in [-0.39, 0.29) is 11.9 Å². The van der Waals surface area contributed by atoms with Gasteiger partial charge >= 0.3 is 0 Å². The second kappa shape index (κ2) is 7.40. The Morgan fingerprint density at radius 3 is 2.91 bits per heavy atom. The lowest BCUT2D eigenvalue weighted by molar-refractivity contribution is 0.0934. The van der Waals surface area contributed by atoms with Gasteiger partial charge in [0.1, 0.15) is 23.1 Å². The molecule has 0 saturated carbocycles. The van der Waals surface area contributed by atoms with E-state index in [9.17, 15) is 4.79 Å². The molecule has 5 heteroatoms. The summed E-state index contributed by atoms with van der Waals surface area (Å²) in [7, 11) is 0. The van der Waals surface area contributed by atoms with Crippen molar-refractivity contribution in [2.45, 2.75) is 46.8 Å². The van der Waals surface area contributed by atoms with Crippen molar-refractivity contribution in [3.63, 3.8) is 0 Å². The van der Waals surface area contributed by atoms with Crippen LogP contribution < -0.4 is 10.1 Å². The van der Waals surface area contributed by atoms with Crippen molar-refractivity contribution in [2.75, 3.05) is 0 Å². The molecule has 118 valence electrons. The smallest absolute Gasteiger partial charge is 0.270 e. The first-order valence-corrected chi connectivity index (χ1v) is 8.33. The Bertz CT molecular complexity index is 652. The van der Waals surface area contributed by atoms with Gasteiger partial charge in [-0.1, -0.05) is 19.1 Å². The number of hydrogen-bond acceptors (Lipinski definition) is 4. The number of rotatable bonds is 6. The topological polar surface area (TPSA) is 51.2 Å². The zero-order valence-corrected chi connectivity index (χ0v) is 14.3. The second-order valence-corrected chi connectivity index (χ2v) is 6.34. The molecule has 0 aliphatic rings. The van der Waals surface area contributed by atoms with Crippen molar-refractivity contribution in [1.82, 2.24) is 10.3 Å². The summed E-state index contributed by atoms with van der Waals surface area (Å²) in [6, 6.07) is 6.14. The van der Waals surface area contributed by atoms with Crippen molar-refractivity contribution in [3.05, 3.63) is 45.4 Å². The van der Waals surface area contributed by atoms with Crippen LogP contribution in [0.1, 0.15) is 46.9 Å². The van der Waals surface area contributed by atoms with Crippen LogP contribution in [-0.2, 0) is 6.61 Å². The third-order valence-electron chi connectivity index (χ3n) is 3.68. The second-order valence-electron chi connectivity index (χ2n) is 5.40. The summed E-state index contributed by atoms with van der Waals surface area (Å²) in [5.74, 6) is 0.740. The number of thiazole rings is 1. The van der Waals surface area contributed by atoms with Crippen LogP contribution in [-0.4, -0.2) is 16.9 Å². The normalized spacial score (nSPS) is 12.0. The predicted octanol–water partition coefficient (Wildman–Crippen LogP) is 3.87. The van der Waals surface area contributed by atoms with Crippen LogP contribution in [0.2, 0.25) is 0 Å². The molecule has 0 radical (unpaired) electrons. The van der Waals surface area contributed by atoms with Gasteiger partial charge < -0.3 is 10.1 Å². The number of benzene rings is 1. The molecule has 0 fully saturated rings. The average molecular weight is 318 g/mol. The van der Waals surface area contributed by atoms with Crippen LogP contribution in [0.5, 0.6) is 5.75 Å². The fourth-order valence-corrected chi connectivity index (χ4v) is 2.59. The first kappa shape index (κ1) is 16.5. The number of carbonyl (C=O) groups excluding carboxylic acids is 1. The molecule has 2 aromatic rings. The Morgan fingerprint density at radius 1 is 1.41 bits per heavy atom. The predicted molar refractivity (Wildman–Crippen MR) is 89.6 cm³/mol. The highest BCUT2D eigenvalue weighted by Gasteiger charge is 2.13. The fourth-order valence-electron chi connectivity index (χ4n) is 1.90. The summed E-state index contributed by atoms with van der Waals surface area (Å²) < 4.78 is 5.82. The highest BCUT2D eigenvalue weighted by atomic mass is 32.1. The quantitative estimate of drug-likeness (QED) is 0.879. The summed E-state index contributed by atoms with van der Waals surface area (Å²) in [6.07, 6.45) is 0.901. The largest absolute Gasteiger partial charge is 0.486 e. The molecule has 22 heavy (non-hydrogen) atoms. The van der Waals surface area contributed by atoms with E-state index in [1.165, 1.54) is 16.9 Å². The Kier molecular flexibility index (Phi) is 5.55. The van der Waals surface area contributed by atoms with E-state index in [4.69, 9.17) is 4.74 Å². The third-order valence-corrected chi connectivity index (χ3v) is 4.50. The van der Waals surface area contributed by atoms with Crippen LogP contribution in [0.4, 0.5) is 0 Å². The van der Waals surface area contributed by atoms with Gasteiger partial charge in [-0.15, -0.1) is 11.3 Å². The summed E-state index contributed by atoms with van der Waals surface area (Å²) >= 11 is 1.44. The molecule has 1 aromatic heterocycles. The van der Waals surface area contributed by atoms with Crippen LogP contribution in [0.3, 0.4) is 0 Å². The molecular formula is C17H22N2O2S. The van der Waals surface area contributed by atoms with E-state index in [1.54, 1.807) is 5.38 Å². The van der Waals surface area contributed by atoms with Gasteiger partial charge in [-0.2, -0.15) is 0 Å². The first-order valence-electron chi connectivity index (χ1n) is 7.45. The number of nitrogens with one attached hydrogen (secondary N) is 1. The van der Waals surface area contributed by atoms with Crippen LogP contribution in [0.15, 0.2) is 23.6 Å². The Morgan fingerprint density at radius 2 is 2.18 bits per heavy atom. The van der Waals surface area contributed by atoms with Gasteiger partial charge in [-0.25, -0.2) is 4.98 Å². The zero-order valence-electron chi connectivity index (χ0n) is 13.5. The number of aryl methyl sites for hydroxylation is 1. The first-order chi connectivity index (χ1) is 10.5. The molecule has 0 bridgehead atoms. The third kappa shape index (κ3) is 4.07. The molecule has 1 aromatic carbocycles. The van der Waals surface area contributed by atoms with Crippen molar-refractivity contribution >= 4 is 17.2 Å². The summed E-state index contributed by atoms with van der Waals surface area (Å²) in [5, 5.41) is 5.49. The van der Waals surface area contributed by atoms with E-state index in [1.807, 2.05) is 32.9 Å². The minimum absolute atomic E-state index is 0.122. The Labute approximate surface area is 135 Å². The molecule has 0 aliphatic carbocycles. The van der Waals surface area contributed by atoms with E-state index in [2.05, 4.69) is 23.3 Å². The lowest BCUT2D eigenvalue weighted by Crippen LogP contribution is -2.32. The molecule has 1 amide bonds. The number of aromatic nitrogens is 1. The number of carbonyl (C=O) groups is 1. The number of hydrogen-bond donors (Lipinski definition) is 1. The molecule has 2 rings (SSSR count). The standard InChI is InChI=1S/C17H22N2O2S/c1-5-12(3)18-17(20)14-10-22-16(19-14)9-21-15-8-6-7-11(2)13(15)4/h6-8,10,12H,5,9H2,1-4H3,(H,18,20)/t12-/m1/s1. The highest BCUT2D eigenvalue weighted by Crippen LogP contribution is 2.22. The van der Waals surface area contributed by atoms with Crippen molar-refractivity contribution in [3.8, 4) is 5.75 Å². The van der Waals surface area contributed by atoms with Gasteiger partial charge in [0.25, 0.3) is 5.91 Å². The van der Waals surface area contributed by atoms with E-state index in [0.717, 1.165) is 22.7 Å². The molecule has 0 spiro atoms. The number of amides is 1. The molecule has 1 atom stereocenters. The summed E-state index contributed by atoms with van der Waals surface area (Å²) in [5.41, 5.74) is 2.80. The monoisotopic (exact) mass is 318 g/mol. The zero-order chi connectivity index (χ0) is 16.1. The Hall–Kier alpha value is -1.88. The fraction of sp³-hybridized carbons (Fsp3) is 0.412. The molecule has 0 saturated heterocycles. The van der Waals surface area contributed by atoms with Crippen LogP contribution in [0.25, 0.3) is 0 Å². The minimum Gasteiger partial charge on any atom is -0.486 e. The lowest BCUT2D eigenvalue weighted by Gasteiger charge is -2.10. The van der Waals surface area contributed by atoms with Gasteiger partial charge in [0.15, 0.2) is 0 Å². The lowest BCUT2D eigenvalue weighted by atomic mass is 10.1. The molecule has 0 aliphatic heterocycles. The van der Waals surface area contributed by atoms with E-state index >= 15 is 0 Å². The molecule has 1 heterocycles.